The number of carbonyl (C=O) groups excluding carboxylic acids is 3. The van der Waals surface area contributed by atoms with E-state index >= 15 is 0 Å². The number of primary amides is 2. The van der Waals surface area contributed by atoms with Crippen molar-refractivity contribution < 1.29 is 31.6 Å². The van der Waals surface area contributed by atoms with Crippen molar-refractivity contribution in [3.05, 3.63) is 11.6 Å². The Kier molecular flexibility index (Phi) is 5.59. The zero-order chi connectivity index (χ0) is 15.9. The summed E-state index contributed by atoms with van der Waals surface area (Å²) in [5.41, 5.74) is 10.4. The number of urea groups is 1. The Morgan fingerprint density at radius 3 is 2.45 bits per heavy atom. The SMILES string of the molecule is NC(=O)CC1=CC(C(N)=O)N2CC1N(OS(=O)(=O)O)C2=O.[NaH]. The maximum atomic E-state index is 12.0. The fraction of sp³-hybridized carbons (Fsp3) is 0.444. The second-order valence-electron chi connectivity index (χ2n) is 4.51. The van der Waals surface area contributed by atoms with Crippen molar-refractivity contribution in [3.63, 3.8) is 0 Å². The average Bonchev–Trinajstić information content (AvgIpc) is 2.56. The summed E-state index contributed by atoms with van der Waals surface area (Å²) in [6, 6.07) is -3.10. The van der Waals surface area contributed by atoms with E-state index in [4.69, 9.17) is 16.0 Å². The van der Waals surface area contributed by atoms with Crippen LogP contribution in [-0.4, -0.2) is 89.0 Å². The van der Waals surface area contributed by atoms with Crippen LogP contribution in [0.5, 0.6) is 0 Å². The van der Waals surface area contributed by atoms with Gasteiger partial charge in [-0.1, -0.05) is 6.08 Å². The summed E-state index contributed by atoms with van der Waals surface area (Å²) >= 11 is 0. The zero-order valence-electron chi connectivity index (χ0n) is 10.5. The summed E-state index contributed by atoms with van der Waals surface area (Å²) in [7, 11) is -4.95. The molecule has 2 bridgehead atoms. The van der Waals surface area contributed by atoms with Gasteiger partial charge >= 0.3 is 46.0 Å². The molecule has 0 radical (unpaired) electrons. The summed E-state index contributed by atoms with van der Waals surface area (Å²) < 4.78 is 34.5. The molecule has 118 valence electrons. The van der Waals surface area contributed by atoms with Crippen molar-refractivity contribution in [3.8, 4) is 0 Å². The number of carbonyl (C=O) groups is 3. The molecule has 0 aromatic rings. The molecular formula is C9H13N4NaO7S. The van der Waals surface area contributed by atoms with Crippen LogP contribution in [-0.2, 0) is 24.3 Å². The number of hydroxylamine groups is 2. The number of hydrogen-bond acceptors (Lipinski definition) is 6. The number of amides is 4. The normalized spacial score (nSPS) is 23.9. The first-order valence-corrected chi connectivity index (χ1v) is 7.01. The van der Waals surface area contributed by atoms with Crippen molar-refractivity contribution in [2.45, 2.75) is 18.5 Å². The van der Waals surface area contributed by atoms with Crippen molar-refractivity contribution in [1.82, 2.24) is 9.96 Å². The van der Waals surface area contributed by atoms with Gasteiger partial charge in [0, 0.05) is 6.42 Å². The third-order valence-electron chi connectivity index (χ3n) is 3.07. The van der Waals surface area contributed by atoms with Crippen LogP contribution in [0.1, 0.15) is 6.42 Å². The Hall–Kier alpha value is -1.18. The summed E-state index contributed by atoms with van der Waals surface area (Å²) in [5, 5.41) is 0.368. The molecule has 0 aliphatic carbocycles. The van der Waals surface area contributed by atoms with Gasteiger partial charge in [-0.05, 0) is 5.57 Å². The van der Waals surface area contributed by atoms with Gasteiger partial charge in [-0.15, -0.1) is 4.28 Å². The quantitative estimate of drug-likeness (QED) is 0.268. The molecule has 2 aliphatic rings. The van der Waals surface area contributed by atoms with E-state index in [2.05, 4.69) is 4.28 Å². The van der Waals surface area contributed by atoms with E-state index in [-0.39, 0.29) is 48.1 Å². The average molecular weight is 344 g/mol. The van der Waals surface area contributed by atoms with E-state index in [9.17, 15) is 22.8 Å². The van der Waals surface area contributed by atoms with Crippen molar-refractivity contribution in [2.24, 2.45) is 11.5 Å². The van der Waals surface area contributed by atoms with Gasteiger partial charge in [0.1, 0.15) is 12.1 Å². The predicted molar refractivity (Wildman–Crippen MR) is 72.4 cm³/mol. The van der Waals surface area contributed by atoms with Gasteiger partial charge in [0.2, 0.25) is 11.8 Å². The minimum atomic E-state index is -4.95. The molecule has 2 aliphatic heterocycles. The van der Waals surface area contributed by atoms with E-state index in [1.54, 1.807) is 0 Å². The molecule has 2 unspecified atom stereocenters. The number of hydrogen-bond donors (Lipinski definition) is 3. The molecule has 13 heteroatoms. The van der Waals surface area contributed by atoms with Gasteiger partial charge in [0.25, 0.3) is 0 Å². The first-order chi connectivity index (χ1) is 9.60. The van der Waals surface area contributed by atoms with Crippen LogP contribution in [0, 0.1) is 0 Å². The Bertz CT molecular complexity index is 648. The maximum absolute atomic E-state index is 12.0. The molecule has 1 fully saturated rings. The number of nitrogens with two attached hydrogens (primary N) is 2. The molecule has 2 heterocycles. The Balaban J connectivity index is 0.00000242. The van der Waals surface area contributed by atoms with E-state index < -0.39 is 40.3 Å². The van der Waals surface area contributed by atoms with Crippen LogP contribution in [0.15, 0.2) is 11.6 Å². The van der Waals surface area contributed by atoms with Crippen LogP contribution >= 0.6 is 0 Å². The molecule has 2 atom stereocenters. The van der Waals surface area contributed by atoms with Gasteiger partial charge in [-0.2, -0.15) is 13.5 Å². The zero-order valence-corrected chi connectivity index (χ0v) is 11.3. The van der Waals surface area contributed by atoms with E-state index in [0.717, 1.165) is 4.90 Å². The second kappa shape index (κ2) is 6.52. The van der Waals surface area contributed by atoms with Gasteiger partial charge in [0.05, 0.1) is 6.54 Å². The number of nitrogens with zero attached hydrogens (tertiary/aromatic N) is 2. The summed E-state index contributed by atoms with van der Waals surface area (Å²) in [6.45, 7) is -0.124. The second-order valence-corrected chi connectivity index (χ2v) is 5.52. The molecule has 1 saturated heterocycles. The molecule has 11 nitrogen and oxygen atoms in total. The molecule has 0 aromatic heterocycles. The Morgan fingerprint density at radius 2 is 2.00 bits per heavy atom. The van der Waals surface area contributed by atoms with E-state index in [0.29, 0.717) is 5.06 Å². The van der Waals surface area contributed by atoms with Crippen LogP contribution in [0.25, 0.3) is 0 Å². The summed E-state index contributed by atoms with van der Waals surface area (Å²) in [6.07, 6.45) is 0.938. The van der Waals surface area contributed by atoms with Gasteiger partial charge in [0.15, 0.2) is 0 Å². The van der Waals surface area contributed by atoms with Gasteiger partial charge in [-0.25, -0.2) is 4.79 Å². The first-order valence-electron chi connectivity index (χ1n) is 5.65. The third-order valence-corrected chi connectivity index (χ3v) is 3.42. The molecule has 4 amide bonds. The molecule has 5 N–H and O–H groups in total. The standard InChI is InChI=1S/C9H12N4O7S.Na.H/c10-7(14)2-4-1-5(8(11)15)12-3-6(4)13(9(12)16)20-21(17,18)19;;/h1,5-6H,2-3H2,(H2,10,14)(H2,11,15)(H,17,18,19);;. The van der Waals surface area contributed by atoms with Gasteiger partial charge in [-0.3, -0.25) is 14.1 Å². The molecular weight excluding hydrogens is 331 g/mol. The van der Waals surface area contributed by atoms with E-state index in [1.165, 1.54) is 6.08 Å². The Labute approximate surface area is 147 Å². The molecule has 0 saturated carbocycles. The fourth-order valence-electron chi connectivity index (χ4n) is 2.30. The van der Waals surface area contributed by atoms with Gasteiger partial charge < -0.3 is 16.4 Å². The molecule has 0 spiro atoms. The molecule has 22 heavy (non-hydrogen) atoms. The van der Waals surface area contributed by atoms with Crippen LogP contribution in [0.4, 0.5) is 4.79 Å². The van der Waals surface area contributed by atoms with Crippen LogP contribution in [0.2, 0.25) is 0 Å². The topological polar surface area (TPSA) is 173 Å². The molecule has 0 aromatic carbocycles. The summed E-state index contributed by atoms with van der Waals surface area (Å²) in [4.78, 5) is 35.3. The van der Waals surface area contributed by atoms with Crippen molar-refractivity contribution >= 4 is 57.8 Å². The number of fused-ring (bicyclic) bond motifs is 2. The summed E-state index contributed by atoms with van der Waals surface area (Å²) in [5.74, 6) is -1.61. The minimum absolute atomic E-state index is 0. The monoisotopic (exact) mass is 344 g/mol. The van der Waals surface area contributed by atoms with Crippen molar-refractivity contribution in [2.75, 3.05) is 6.54 Å². The molecule has 2 rings (SSSR count). The van der Waals surface area contributed by atoms with Crippen LogP contribution < -0.4 is 11.5 Å². The third kappa shape index (κ3) is 3.77. The first kappa shape index (κ1) is 18.9. The number of rotatable bonds is 5. The van der Waals surface area contributed by atoms with Crippen molar-refractivity contribution in [1.29, 1.82) is 0 Å². The fourth-order valence-corrected chi connectivity index (χ4v) is 2.67. The Morgan fingerprint density at radius 1 is 1.41 bits per heavy atom. The van der Waals surface area contributed by atoms with Crippen LogP contribution in [0.3, 0.4) is 0 Å². The predicted octanol–water partition coefficient (Wildman–Crippen LogP) is -3.15. The van der Waals surface area contributed by atoms with E-state index in [1.807, 2.05) is 0 Å².